The van der Waals surface area contributed by atoms with E-state index in [0.29, 0.717) is 22.4 Å². The Morgan fingerprint density at radius 1 is 1.52 bits per heavy atom. The number of ether oxygens (including phenoxy) is 1. The van der Waals surface area contributed by atoms with Gasteiger partial charge in [0, 0.05) is 6.07 Å². The fourth-order valence-electron chi connectivity index (χ4n) is 1.53. The van der Waals surface area contributed by atoms with Gasteiger partial charge in [0.2, 0.25) is 0 Å². The van der Waals surface area contributed by atoms with E-state index < -0.39 is 5.82 Å². The minimum atomic E-state index is -0.434. The van der Waals surface area contributed by atoms with Crippen molar-refractivity contribution in [2.45, 2.75) is 6.61 Å². The Bertz CT molecular complexity index is 665. The molecule has 1 aromatic heterocycles. The van der Waals surface area contributed by atoms with Crippen molar-refractivity contribution in [3.05, 3.63) is 48.2 Å². The molecule has 0 saturated heterocycles. The number of nitriles is 1. The number of nitrogens with one attached hydrogen (secondary N) is 1. The second kappa shape index (κ2) is 7.36. The summed E-state index contributed by atoms with van der Waals surface area (Å²) in [5.74, 6) is 0.616. The zero-order valence-corrected chi connectivity index (χ0v) is 12.0. The van der Waals surface area contributed by atoms with E-state index in [4.69, 9.17) is 14.4 Å². The third-order valence-electron chi connectivity index (χ3n) is 2.45. The summed E-state index contributed by atoms with van der Waals surface area (Å²) in [6.45, 7) is 0.210. The molecule has 0 bridgehead atoms. The smallest absolute Gasteiger partial charge is 0.183 e. The Morgan fingerprint density at radius 3 is 3.05 bits per heavy atom. The summed E-state index contributed by atoms with van der Waals surface area (Å²) >= 11 is 1.24. The Kier molecular flexibility index (Phi) is 5.23. The second-order valence-electron chi connectivity index (χ2n) is 3.84. The first-order valence-corrected chi connectivity index (χ1v) is 7.18. The molecule has 0 fully saturated rings. The molecule has 2 aromatic rings. The van der Waals surface area contributed by atoms with Gasteiger partial charge in [-0.05, 0) is 30.5 Å². The minimum absolute atomic E-state index is 0.210. The van der Waals surface area contributed by atoms with E-state index in [0.717, 1.165) is 0 Å². The summed E-state index contributed by atoms with van der Waals surface area (Å²) in [6.07, 6.45) is 5.08. The highest BCUT2D eigenvalue weighted by Crippen LogP contribution is 2.29. The third-order valence-corrected chi connectivity index (χ3v) is 3.03. The second-order valence-corrected chi connectivity index (χ2v) is 4.63. The van der Waals surface area contributed by atoms with Crippen LogP contribution >= 0.6 is 11.8 Å². The lowest BCUT2D eigenvalue weighted by Gasteiger charge is -2.08. The van der Waals surface area contributed by atoms with Gasteiger partial charge < -0.3 is 9.15 Å². The first kappa shape index (κ1) is 14.9. The monoisotopic (exact) mass is 305 g/mol. The van der Waals surface area contributed by atoms with Crippen LogP contribution in [0.25, 0.3) is 0 Å². The molecule has 1 aromatic carbocycles. The van der Waals surface area contributed by atoms with Crippen molar-refractivity contribution in [3.8, 4) is 11.9 Å². The molecule has 0 saturated carbocycles. The highest BCUT2D eigenvalue weighted by molar-refractivity contribution is 8.13. The van der Waals surface area contributed by atoms with Crippen molar-refractivity contribution in [1.82, 2.24) is 5.32 Å². The molecule has 1 N–H and O–H groups in total. The van der Waals surface area contributed by atoms with Crippen molar-refractivity contribution in [2.24, 2.45) is 4.99 Å². The summed E-state index contributed by atoms with van der Waals surface area (Å²) < 4.78 is 24.1. The largest absolute Gasteiger partial charge is 0.483 e. The quantitative estimate of drug-likeness (QED) is 0.405. The number of thioether (sulfide) groups is 1. The van der Waals surface area contributed by atoms with Gasteiger partial charge in [0.15, 0.2) is 11.4 Å². The lowest BCUT2D eigenvalue weighted by molar-refractivity contribution is 0.271. The van der Waals surface area contributed by atoms with Gasteiger partial charge in [-0.1, -0.05) is 11.8 Å². The first-order chi connectivity index (χ1) is 10.2. The molecule has 0 unspecified atom stereocenters. The van der Waals surface area contributed by atoms with Crippen LogP contribution in [0.1, 0.15) is 5.76 Å². The molecule has 0 amide bonds. The van der Waals surface area contributed by atoms with E-state index >= 15 is 0 Å². The molecular weight excluding hydrogens is 293 g/mol. The van der Waals surface area contributed by atoms with Gasteiger partial charge in [0.05, 0.1) is 6.26 Å². The van der Waals surface area contributed by atoms with E-state index in [1.807, 2.05) is 0 Å². The van der Waals surface area contributed by atoms with Gasteiger partial charge in [0.25, 0.3) is 0 Å². The molecule has 0 radical (unpaired) electrons. The molecular formula is C14H12FN3O2S. The van der Waals surface area contributed by atoms with Gasteiger partial charge >= 0.3 is 0 Å². The highest BCUT2D eigenvalue weighted by Gasteiger charge is 2.08. The Hall–Kier alpha value is -2.46. The van der Waals surface area contributed by atoms with Crippen LogP contribution in [0.5, 0.6) is 5.75 Å². The molecule has 108 valence electrons. The summed E-state index contributed by atoms with van der Waals surface area (Å²) in [4.78, 5) is 4.18. The standard InChI is InChI=1S/C14H12FN3O2S/c1-21-14(17-9-16)18-12-7-10(15)4-5-13(12)20-8-11-3-2-6-19-11/h2-7H,8H2,1H3,(H,17,18). The molecule has 0 aliphatic carbocycles. The molecule has 0 aliphatic rings. The van der Waals surface area contributed by atoms with Crippen LogP contribution in [0, 0.1) is 17.3 Å². The average Bonchev–Trinajstić information content (AvgIpc) is 2.99. The Labute approximate surface area is 125 Å². The average molecular weight is 305 g/mol. The maximum absolute atomic E-state index is 13.4. The minimum Gasteiger partial charge on any atom is -0.483 e. The van der Waals surface area contributed by atoms with Crippen LogP contribution in [0.15, 0.2) is 46.0 Å². The fourth-order valence-corrected chi connectivity index (χ4v) is 1.86. The molecule has 2 rings (SSSR count). The summed E-state index contributed by atoms with van der Waals surface area (Å²) in [7, 11) is 0. The number of halogens is 1. The normalized spacial score (nSPS) is 11.0. The predicted octanol–water partition coefficient (Wildman–Crippen LogP) is 3.42. The lowest BCUT2D eigenvalue weighted by atomic mass is 10.3. The van der Waals surface area contributed by atoms with Crippen molar-refractivity contribution >= 4 is 22.6 Å². The van der Waals surface area contributed by atoms with E-state index in [-0.39, 0.29) is 6.61 Å². The predicted molar refractivity (Wildman–Crippen MR) is 78.8 cm³/mol. The number of furan rings is 1. The zero-order chi connectivity index (χ0) is 15.1. The van der Waals surface area contributed by atoms with Crippen LogP contribution < -0.4 is 10.1 Å². The van der Waals surface area contributed by atoms with Crippen LogP contribution in [0.4, 0.5) is 10.1 Å². The van der Waals surface area contributed by atoms with E-state index in [9.17, 15) is 4.39 Å². The van der Waals surface area contributed by atoms with Crippen LogP contribution in [-0.4, -0.2) is 11.4 Å². The number of rotatable bonds is 4. The fraction of sp³-hybridized carbons (Fsp3) is 0.143. The number of nitrogens with zero attached hydrogens (tertiary/aromatic N) is 2. The molecule has 1 heterocycles. The summed E-state index contributed by atoms with van der Waals surface area (Å²) in [5.41, 5.74) is 0.300. The molecule has 21 heavy (non-hydrogen) atoms. The van der Waals surface area contributed by atoms with Crippen molar-refractivity contribution in [2.75, 3.05) is 6.26 Å². The molecule has 7 heteroatoms. The first-order valence-electron chi connectivity index (χ1n) is 5.95. The number of hydrogen-bond acceptors (Lipinski definition) is 5. The topological polar surface area (TPSA) is 70.6 Å². The Balaban J connectivity index is 2.22. The van der Waals surface area contributed by atoms with Crippen molar-refractivity contribution in [3.63, 3.8) is 0 Å². The van der Waals surface area contributed by atoms with Crippen LogP contribution in [-0.2, 0) is 6.61 Å². The summed E-state index contributed by atoms with van der Waals surface area (Å²) in [6, 6.07) is 7.54. The molecule has 0 spiro atoms. The van der Waals surface area contributed by atoms with E-state index in [1.54, 1.807) is 30.8 Å². The van der Waals surface area contributed by atoms with Gasteiger partial charge in [0.1, 0.15) is 29.6 Å². The van der Waals surface area contributed by atoms with Crippen molar-refractivity contribution < 1.29 is 13.5 Å². The molecule has 0 aliphatic heterocycles. The van der Waals surface area contributed by atoms with Crippen LogP contribution in [0.2, 0.25) is 0 Å². The molecule has 0 atom stereocenters. The number of amidine groups is 1. The maximum Gasteiger partial charge on any atom is 0.183 e. The molecule has 5 nitrogen and oxygen atoms in total. The van der Waals surface area contributed by atoms with E-state index in [1.165, 1.54) is 30.0 Å². The van der Waals surface area contributed by atoms with Gasteiger partial charge in [-0.2, -0.15) is 5.26 Å². The SMILES string of the molecule is CSC(=Nc1cc(F)ccc1OCc1ccco1)NC#N. The number of benzene rings is 1. The highest BCUT2D eigenvalue weighted by atomic mass is 32.2. The van der Waals surface area contributed by atoms with Gasteiger partial charge in [-0.15, -0.1) is 0 Å². The number of aliphatic imine (C=N–C) groups is 1. The summed E-state index contributed by atoms with van der Waals surface area (Å²) in [5, 5.41) is 11.4. The number of hydrogen-bond donors (Lipinski definition) is 1. The third kappa shape index (κ3) is 4.26. The van der Waals surface area contributed by atoms with E-state index in [2.05, 4.69) is 10.3 Å². The lowest BCUT2D eigenvalue weighted by Crippen LogP contribution is -2.12. The van der Waals surface area contributed by atoms with Crippen molar-refractivity contribution in [1.29, 1.82) is 5.26 Å². The van der Waals surface area contributed by atoms with Gasteiger partial charge in [-0.25, -0.2) is 9.38 Å². The zero-order valence-electron chi connectivity index (χ0n) is 11.2. The Morgan fingerprint density at radius 2 is 2.38 bits per heavy atom. The van der Waals surface area contributed by atoms with Gasteiger partial charge in [-0.3, -0.25) is 5.32 Å². The van der Waals surface area contributed by atoms with Crippen LogP contribution in [0.3, 0.4) is 0 Å². The maximum atomic E-state index is 13.4.